The molecule has 3 heteroatoms. The van der Waals surface area contributed by atoms with Crippen LogP contribution in [0.5, 0.6) is 0 Å². The Kier molecular flexibility index (Phi) is 3.31. The second kappa shape index (κ2) is 4.09. The van der Waals surface area contributed by atoms with Gasteiger partial charge in [0.2, 0.25) is 0 Å². The van der Waals surface area contributed by atoms with Crippen molar-refractivity contribution in [3.63, 3.8) is 0 Å². The molecule has 0 aromatic rings. The lowest BCUT2D eigenvalue weighted by atomic mass is 10.1. The maximum Gasteiger partial charge on any atom is 0.306 e. The molecule has 0 radical (unpaired) electrons. The van der Waals surface area contributed by atoms with E-state index in [0.29, 0.717) is 13.0 Å². The van der Waals surface area contributed by atoms with E-state index in [1.807, 2.05) is 13.8 Å². The van der Waals surface area contributed by atoms with Crippen LogP contribution in [0.25, 0.3) is 0 Å². The molecule has 1 heterocycles. The number of rotatable bonds is 5. The number of unbranched alkanes of at least 4 members (excludes halogenated alkanes) is 1. The molecule has 1 aliphatic heterocycles. The van der Waals surface area contributed by atoms with Crippen LogP contribution in [0.3, 0.4) is 0 Å². The Hall–Kier alpha value is -0.570. The van der Waals surface area contributed by atoms with Crippen LogP contribution < -0.4 is 0 Å². The van der Waals surface area contributed by atoms with Gasteiger partial charge in [0.25, 0.3) is 0 Å². The predicted molar refractivity (Wildman–Crippen MR) is 49.4 cm³/mol. The Labute approximate surface area is 79.4 Å². The maximum atomic E-state index is 11.3. The number of esters is 1. The minimum Gasteiger partial charge on any atom is -0.457 e. The number of hydrogen-bond acceptors (Lipinski definition) is 3. The van der Waals surface area contributed by atoms with Crippen LogP contribution in [-0.4, -0.2) is 24.3 Å². The average molecular weight is 186 g/mol. The molecular formula is C10H18O3. The van der Waals surface area contributed by atoms with Gasteiger partial charge in [0, 0.05) is 6.42 Å². The molecule has 0 aliphatic carbocycles. The van der Waals surface area contributed by atoms with Crippen molar-refractivity contribution in [3.05, 3.63) is 0 Å². The van der Waals surface area contributed by atoms with Crippen LogP contribution in [0.4, 0.5) is 0 Å². The molecule has 0 aromatic heterocycles. The summed E-state index contributed by atoms with van der Waals surface area (Å²) in [4.78, 5) is 11.3. The van der Waals surface area contributed by atoms with Gasteiger partial charge in [0.15, 0.2) is 0 Å². The molecule has 1 fully saturated rings. The first-order valence-electron chi connectivity index (χ1n) is 4.89. The van der Waals surface area contributed by atoms with E-state index >= 15 is 0 Å². The summed E-state index contributed by atoms with van der Waals surface area (Å²) in [5.41, 5.74) is -0.440. The van der Waals surface area contributed by atoms with Gasteiger partial charge in [-0.15, -0.1) is 0 Å². The van der Waals surface area contributed by atoms with E-state index in [4.69, 9.17) is 9.47 Å². The topological polar surface area (TPSA) is 38.8 Å². The highest BCUT2D eigenvalue weighted by atomic mass is 16.6. The molecule has 13 heavy (non-hydrogen) atoms. The number of carbonyl (C=O) groups is 1. The molecule has 1 unspecified atom stereocenters. The second-order valence-electron chi connectivity index (χ2n) is 4.00. The summed E-state index contributed by atoms with van der Waals surface area (Å²) in [6.07, 6.45) is 2.56. The van der Waals surface area contributed by atoms with Crippen LogP contribution in [0, 0.1) is 0 Å². The Morgan fingerprint density at radius 1 is 1.62 bits per heavy atom. The Morgan fingerprint density at radius 2 is 2.23 bits per heavy atom. The third kappa shape index (κ3) is 3.35. The molecule has 0 saturated carbocycles. The summed E-state index contributed by atoms with van der Waals surface area (Å²) in [6.45, 7) is 6.57. The highest BCUT2D eigenvalue weighted by Crippen LogP contribution is 2.27. The molecule has 3 nitrogen and oxygen atoms in total. The third-order valence-electron chi connectivity index (χ3n) is 2.22. The molecular weight excluding hydrogens is 168 g/mol. The van der Waals surface area contributed by atoms with Crippen molar-refractivity contribution in [2.24, 2.45) is 0 Å². The van der Waals surface area contributed by atoms with E-state index < -0.39 is 5.60 Å². The number of hydrogen-bond donors (Lipinski definition) is 0. The fraction of sp³-hybridized carbons (Fsp3) is 0.900. The number of ether oxygens (including phenoxy) is 2. The molecule has 76 valence electrons. The molecule has 0 spiro atoms. The van der Waals surface area contributed by atoms with Crippen LogP contribution in [0.15, 0.2) is 0 Å². The zero-order valence-corrected chi connectivity index (χ0v) is 8.63. The van der Waals surface area contributed by atoms with Gasteiger partial charge in [-0.2, -0.15) is 0 Å². The zero-order valence-electron chi connectivity index (χ0n) is 8.63. The van der Waals surface area contributed by atoms with E-state index in [2.05, 4.69) is 6.92 Å². The Morgan fingerprint density at radius 3 is 2.69 bits per heavy atom. The Balaban J connectivity index is 2.25. The average Bonchev–Trinajstić information content (AvgIpc) is 2.81. The smallest absolute Gasteiger partial charge is 0.306 e. The van der Waals surface area contributed by atoms with Gasteiger partial charge in [-0.25, -0.2) is 0 Å². The van der Waals surface area contributed by atoms with Crippen molar-refractivity contribution in [3.8, 4) is 0 Å². The van der Waals surface area contributed by atoms with Crippen molar-refractivity contribution >= 4 is 5.97 Å². The zero-order chi connectivity index (χ0) is 9.90. The summed E-state index contributed by atoms with van der Waals surface area (Å²) in [5, 5.41) is 0. The van der Waals surface area contributed by atoms with Crippen molar-refractivity contribution in [2.45, 2.75) is 51.7 Å². The van der Waals surface area contributed by atoms with Crippen LogP contribution in [0.1, 0.15) is 40.0 Å². The fourth-order valence-corrected chi connectivity index (χ4v) is 1.18. The van der Waals surface area contributed by atoms with Gasteiger partial charge in [0.05, 0.1) is 6.61 Å². The standard InChI is InChI=1S/C10H18O3/c1-4-5-6-9(11)13-10(2,3)8-7-12-8/h8H,4-7H2,1-3H3. The summed E-state index contributed by atoms with van der Waals surface area (Å²) in [5.74, 6) is -0.109. The highest BCUT2D eigenvalue weighted by molar-refractivity contribution is 5.69. The monoisotopic (exact) mass is 186 g/mol. The van der Waals surface area contributed by atoms with E-state index in [1.54, 1.807) is 0 Å². The molecule has 1 aliphatic rings. The Bertz CT molecular complexity index is 183. The third-order valence-corrected chi connectivity index (χ3v) is 2.22. The minimum atomic E-state index is -0.440. The molecule has 0 amide bonds. The van der Waals surface area contributed by atoms with Crippen molar-refractivity contribution in [2.75, 3.05) is 6.61 Å². The van der Waals surface area contributed by atoms with Crippen molar-refractivity contribution in [1.82, 2.24) is 0 Å². The minimum absolute atomic E-state index is 0.109. The van der Waals surface area contributed by atoms with Gasteiger partial charge >= 0.3 is 5.97 Å². The van der Waals surface area contributed by atoms with Crippen molar-refractivity contribution in [1.29, 1.82) is 0 Å². The predicted octanol–water partition coefficient (Wildman–Crippen LogP) is 1.90. The summed E-state index contributed by atoms with van der Waals surface area (Å²) in [7, 11) is 0. The SMILES string of the molecule is CCCCC(=O)OC(C)(C)C1CO1. The lowest BCUT2D eigenvalue weighted by Crippen LogP contribution is -2.34. The van der Waals surface area contributed by atoms with Crippen LogP contribution in [0.2, 0.25) is 0 Å². The van der Waals surface area contributed by atoms with Gasteiger partial charge in [-0.3, -0.25) is 4.79 Å². The van der Waals surface area contributed by atoms with Crippen LogP contribution >= 0.6 is 0 Å². The molecule has 1 atom stereocenters. The summed E-state index contributed by atoms with van der Waals surface area (Å²) < 4.78 is 10.4. The van der Waals surface area contributed by atoms with Gasteiger partial charge < -0.3 is 9.47 Å². The van der Waals surface area contributed by atoms with Gasteiger partial charge in [-0.1, -0.05) is 13.3 Å². The summed E-state index contributed by atoms with van der Waals surface area (Å²) >= 11 is 0. The fourth-order valence-electron chi connectivity index (χ4n) is 1.18. The number of carbonyl (C=O) groups excluding carboxylic acids is 1. The maximum absolute atomic E-state index is 11.3. The first-order valence-corrected chi connectivity index (χ1v) is 4.89. The first-order chi connectivity index (χ1) is 6.06. The van der Waals surface area contributed by atoms with E-state index in [-0.39, 0.29) is 12.1 Å². The molecule has 0 bridgehead atoms. The molecule has 1 saturated heterocycles. The first kappa shape index (κ1) is 10.5. The normalized spacial score (nSPS) is 21.3. The highest BCUT2D eigenvalue weighted by Gasteiger charge is 2.42. The van der Waals surface area contributed by atoms with Gasteiger partial charge in [0.1, 0.15) is 11.7 Å². The van der Waals surface area contributed by atoms with E-state index in [9.17, 15) is 4.79 Å². The van der Waals surface area contributed by atoms with E-state index in [0.717, 1.165) is 12.8 Å². The number of epoxide rings is 1. The van der Waals surface area contributed by atoms with Crippen molar-refractivity contribution < 1.29 is 14.3 Å². The van der Waals surface area contributed by atoms with E-state index in [1.165, 1.54) is 0 Å². The lowest BCUT2D eigenvalue weighted by Gasteiger charge is -2.22. The quantitative estimate of drug-likeness (QED) is 0.486. The molecule has 0 N–H and O–H groups in total. The molecule has 1 rings (SSSR count). The largest absolute Gasteiger partial charge is 0.457 e. The van der Waals surface area contributed by atoms with Crippen LogP contribution in [-0.2, 0) is 14.3 Å². The second-order valence-corrected chi connectivity index (χ2v) is 4.00. The molecule has 0 aromatic carbocycles. The summed E-state index contributed by atoms with van der Waals surface area (Å²) in [6, 6.07) is 0. The lowest BCUT2D eigenvalue weighted by molar-refractivity contribution is -0.158. The van der Waals surface area contributed by atoms with Gasteiger partial charge in [-0.05, 0) is 20.3 Å².